The third kappa shape index (κ3) is 1.44. The van der Waals surface area contributed by atoms with Crippen molar-refractivity contribution in [3.8, 4) is 0 Å². The van der Waals surface area contributed by atoms with Crippen molar-refractivity contribution < 1.29 is 14.7 Å². The molecule has 0 heterocycles. The molecule has 12 heavy (non-hydrogen) atoms. The van der Waals surface area contributed by atoms with Crippen LogP contribution in [0.1, 0.15) is 25.7 Å². The number of oxime groups is 1. The molecular formula is C8H15NO3. The molecule has 0 aromatic rings. The monoisotopic (exact) mass is 173 g/mol. The molecule has 0 radical (unpaired) electrons. The molecule has 0 amide bonds. The summed E-state index contributed by atoms with van der Waals surface area (Å²) in [7, 11) is 3.14. The molecule has 0 spiro atoms. The highest BCUT2D eigenvalue weighted by molar-refractivity contribution is 5.91. The lowest BCUT2D eigenvalue weighted by molar-refractivity contribution is -0.164. The van der Waals surface area contributed by atoms with Gasteiger partial charge in [0.1, 0.15) is 5.71 Å². The molecule has 0 aliphatic heterocycles. The Hall–Kier alpha value is -0.610. The van der Waals surface area contributed by atoms with Gasteiger partial charge in [-0.3, -0.25) is 0 Å². The van der Waals surface area contributed by atoms with E-state index in [0.717, 1.165) is 25.7 Å². The van der Waals surface area contributed by atoms with Crippen LogP contribution in [0.2, 0.25) is 0 Å². The lowest BCUT2D eigenvalue weighted by Crippen LogP contribution is -2.45. The van der Waals surface area contributed by atoms with Gasteiger partial charge in [-0.2, -0.15) is 0 Å². The molecule has 1 saturated carbocycles. The van der Waals surface area contributed by atoms with Crippen molar-refractivity contribution in [2.75, 3.05) is 14.2 Å². The fourth-order valence-corrected chi connectivity index (χ4v) is 1.63. The quantitative estimate of drug-likeness (QED) is 0.390. The molecule has 0 aromatic heterocycles. The van der Waals surface area contributed by atoms with Gasteiger partial charge in [-0.15, -0.1) is 0 Å². The van der Waals surface area contributed by atoms with E-state index in [9.17, 15) is 0 Å². The summed E-state index contributed by atoms with van der Waals surface area (Å²) < 4.78 is 10.4. The molecule has 1 fully saturated rings. The summed E-state index contributed by atoms with van der Waals surface area (Å²) in [6.07, 6.45) is 3.59. The molecule has 0 bridgehead atoms. The molecule has 70 valence electrons. The SMILES string of the molecule is COC1(OC)CCCC/C1=N/O. The maximum absolute atomic E-state index is 8.72. The summed E-state index contributed by atoms with van der Waals surface area (Å²) >= 11 is 0. The predicted molar refractivity (Wildman–Crippen MR) is 44.4 cm³/mol. The van der Waals surface area contributed by atoms with Crippen LogP contribution in [0.5, 0.6) is 0 Å². The van der Waals surface area contributed by atoms with E-state index >= 15 is 0 Å². The average molecular weight is 173 g/mol. The van der Waals surface area contributed by atoms with Crippen LogP contribution in [0, 0.1) is 0 Å². The largest absolute Gasteiger partial charge is 0.411 e. The van der Waals surface area contributed by atoms with E-state index in [1.165, 1.54) is 0 Å². The fourth-order valence-electron chi connectivity index (χ4n) is 1.63. The summed E-state index contributed by atoms with van der Waals surface area (Å²) in [5.74, 6) is -0.771. The van der Waals surface area contributed by atoms with E-state index in [4.69, 9.17) is 14.7 Å². The van der Waals surface area contributed by atoms with Crippen molar-refractivity contribution in [2.45, 2.75) is 31.5 Å². The Bertz CT molecular complexity index is 175. The molecule has 0 aromatic carbocycles. The van der Waals surface area contributed by atoms with Gasteiger partial charge < -0.3 is 14.7 Å². The molecular weight excluding hydrogens is 158 g/mol. The zero-order chi connectivity index (χ0) is 9.03. The topological polar surface area (TPSA) is 51.0 Å². The second kappa shape index (κ2) is 3.87. The van der Waals surface area contributed by atoms with Crippen LogP contribution in [-0.2, 0) is 9.47 Å². The summed E-state index contributed by atoms with van der Waals surface area (Å²) in [6.45, 7) is 0. The standard InChI is InChI=1S/C8H15NO3/c1-11-8(12-2)6-4-3-5-7(8)9-10/h10H,3-6H2,1-2H3/b9-7-. The molecule has 1 rings (SSSR count). The van der Waals surface area contributed by atoms with Gasteiger partial charge in [0, 0.05) is 20.6 Å². The highest BCUT2D eigenvalue weighted by Crippen LogP contribution is 2.29. The number of ether oxygens (including phenoxy) is 2. The van der Waals surface area contributed by atoms with Gasteiger partial charge >= 0.3 is 0 Å². The van der Waals surface area contributed by atoms with Crippen molar-refractivity contribution in [1.82, 2.24) is 0 Å². The van der Waals surface area contributed by atoms with Crippen molar-refractivity contribution in [3.05, 3.63) is 0 Å². The zero-order valence-corrected chi connectivity index (χ0v) is 7.54. The fraction of sp³-hybridized carbons (Fsp3) is 0.875. The third-order valence-electron chi connectivity index (χ3n) is 2.39. The summed E-state index contributed by atoms with van der Waals surface area (Å²) in [4.78, 5) is 0. The van der Waals surface area contributed by atoms with Crippen LogP contribution in [0.4, 0.5) is 0 Å². The van der Waals surface area contributed by atoms with E-state index in [0.29, 0.717) is 5.71 Å². The lowest BCUT2D eigenvalue weighted by Gasteiger charge is -2.34. The number of methoxy groups -OCH3 is 2. The summed E-state index contributed by atoms with van der Waals surface area (Å²) in [6, 6.07) is 0. The first-order chi connectivity index (χ1) is 5.79. The lowest BCUT2D eigenvalue weighted by atomic mass is 9.92. The zero-order valence-electron chi connectivity index (χ0n) is 7.54. The molecule has 0 saturated heterocycles. The molecule has 0 unspecified atom stereocenters. The van der Waals surface area contributed by atoms with E-state index in [2.05, 4.69) is 5.16 Å². The predicted octanol–water partition coefficient (Wildman–Crippen LogP) is 1.38. The Balaban J connectivity index is 2.81. The first-order valence-corrected chi connectivity index (χ1v) is 4.11. The Kier molecular flexibility index (Phi) is 3.05. The first kappa shape index (κ1) is 9.48. The van der Waals surface area contributed by atoms with Crippen molar-refractivity contribution in [3.63, 3.8) is 0 Å². The number of hydrogen-bond donors (Lipinski definition) is 1. The molecule has 4 heteroatoms. The van der Waals surface area contributed by atoms with E-state index in [-0.39, 0.29) is 0 Å². The minimum absolute atomic E-state index is 0.596. The minimum atomic E-state index is -0.771. The van der Waals surface area contributed by atoms with E-state index in [1.54, 1.807) is 14.2 Å². The highest BCUT2D eigenvalue weighted by atomic mass is 16.7. The van der Waals surface area contributed by atoms with E-state index < -0.39 is 5.79 Å². The summed E-state index contributed by atoms with van der Waals surface area (Å²) in [5, 5.41) is 11.9. The van der Waals surface area contributed by atoms with Crippen LogP contribution in [0.15, 0.2) is 5.16 Å². The smallest absolute Gasteiger partial charge is 0.211 e. The van der Waals surface area contributed by atoms with Gasteiger partial charge in [-0.1, -0.05) is 5.16 Å². The van der Waals surface area contributed by atoms with E-state index in [1.807, 2.05) is 0 Å². The Labute approximate surface area is 72.2 Å². The highest BCUT2D eigenvalue weighted by Gasteiger charge is 2.38. The van der Waals surface area contributed by atoms with Gasteiger partial charge in [-0.25, -0.2) is 0 Å². The number of hydrogen-bond acceptors (Lipinski definition) is 4. The van der Waals surface area contributed by atoms with Crippen molar-refractivity contribution >= 4 is 5.71 Å². The Morgan fingerprint density at radius 3 is 2.42 bits per heavy atom. The maximum Gasteiger partial charge on any atom is 0.211 e. The minimum Gasteiger partial charge on any atom is -0.411 e. The second-order valence-corrected chi connectivity index (χ2v) is 2.91. The molecule has 1 aliphatic rings. The van der Waals surface area contributed by atoms with Crippen LogP contribution in [0.3, 0.4) is 0 Å². The van der Waals surface area contributed by atoms with Gasteiger partial charge in [0.2, 0.25) is 5.79 Å². The number of nitrogens with zero attached hydrogens (tertiary/aromatic N) is 1. The van der Waals surface area contributed by atoms with Crippen molar-refractivity contribution in [2.24, 2.45) is 5.16 Å². The third-order valence-corrected chi connectivity index (χ3v) is 2.39. The van der Waals surface area contributed by atoms with Crippen LogP contribution in [0.25, 0.3) is 0 Å². The molecule has 0 atom stereocenters. The Morgan fingerprint density at radius 2 is 2.00 bits per heavy atom. The molecule has 4 nitrogen and oxygen atoms in total. The Morgan fingerprint density at radius 1 is 1.33 bits per heavy atom. The van der Waals surface area contributed by atoms with Crippen LogP contribution >= 0.6 is 0 Å². The maximum atomic E-state index is 8.72. The van der Waals surface area contributed by atoms with Gasteiger partial charge in [0.25, 0.3) is 0 Å². The van der Waals surface area contributed by atoms with Crippen LogP contribution < -0.4 is 0 Å². The second-order valence-electron chi connectivity index (χ2n) is 2.91. The molecule has 1 aliphatic carbocycles. The van der Waals surface area contributed by atoms with Crippen molar-refractivity contribution in [1.29, 1.82) is 0 Å². The first-order valence-electron chi connectivity index (χ1n) is 4.11. The molecule has 1 N–H and O–H groups in total. The normalized spacial score (nSPS) is 26.0. The van der Waals surface area contributed by atoms with Crippen LogP contribution in [-0.4, -0.2) is 30.9 Å². The summed E-state index contributed by atoms with van der Waals surface area (Å²) in [5.41, 5.74) is 0.596. The number of rotatable bonds is 2. The van der Waals surface area contributed by atoms with Gasteiger partial charge in [-0.05, 0) is 19.3 Å². The average Bonchev–Trinajstić information content (AvgIpc) is 2.17. The van der Waals surface area contributed by atoms with Gasteiger partial charge in [0.05, 0.1) is 0 Å². The van der Waals surface area contributed by atoms with Gasteiger partial charge in [0.15, 0.2) is 0 Å².